The molecule has 7 nitrogen and oxygen atoms in total. The van der Waals surface area contributed by atoms with Gasteiger partial charge in [-0.05, 0) is 29.5 Å². The minimum atomic E-state index is -0.383. The van der Waals surface area contributed by atoms with Crippen LogP contribution >= 0.6 is 11.8 Å². The van der Waals surface area contributed by atoms with Crippen molar-refractivity contribution in [1.82, 2.24) is 20.2 Å². The van der Waals surface area contributed by atoms with Crippen LogP contribution < -0.4 is 5.32 Å². The molecule has 0 saturated carbocycles. The van der Waals surface area contributed by atoms with Crippen LogP contribution in [0.1, 0.15) is 12.5 Å². The standard InChI is InChI=1S/C12H12N6OS/c1-8(20-12-15-16-17-18(12)2)11(19)14-10-6-4-3-5-9(10)7-13/h3-6,8H,1-2H3,(H,14,19)/t8-/m1/s1. The van der Waals surface area contributed by atoms with Gasteiger partial charge in [-0.3, -0.25) is 4.79 Å². The summed E-state index contributed by atoms with van der Waals surface area (Å²) in [4.78, 5) is 12.1. The van der Waals surface area contributed by atoms with E-state index in [0.717, 1.165) is 0 Å². The summed E-state index contributed by atoms with van der Waals surface area (Å²) in [5, 5.41) is 22.9. The van der Waals surface area contributed by atoms with Crippen LogP contribution in [-0.4, -0.2) is 31.4 Å². The quantitative estimate of drug-likeness (QED) is 0.849. The molecule has 1 heterocycles. The van der Waals surface area contributed by atoms with Gasteiger partial charge in [-0.1, -0.05) is 23.9 Å². The summed E-state index contributed by atoms with van der Waals surface area (Å²) in [6.45, 7) is 1.75. The number of para-hydroxylation sites is 1. The number of aryl methyl sites for hydroxylation is 1. The van der Waals surface area contributed by atoms with Gasteiger partial charge in [0, 0.05) is 7.05 Å². The molecule has 0 aliphatic rings. The average molecular weight is 288 g/mol. The first-order valence-corrected chi connectivity index (χ1v) is 6.69. The molecule has 0 bridgehead atoms. The Morgan fingerprint density at radius 1 is 1.50 bits per heavy atom. The predicted octanol–water partition coefficient (Wildman–Crippen LogP) is 1.20. The third-order valence-corrected chi connectivity index (χ3v) is 3.66. The Hall–Kier alpha value is -2.40. The smallest absolute Gasteiger partial charge is 0.237 e. The van der Waals surface area contributed by atoms with Gasteiger partial charge in [0.1, 0.15) is 6.07 Å². The third-order valence-electron chi connectivity index (χ3n) is 2.54. The van der Waals surface area contributed by atoms with E-state index in [4.69, 9.17) is 5.26 Å². The molecule has 0 spiro atoms. The summed E-state index contributed by atoms with van der Waals surface area (Å²) in [5.41, 5.74) is 0.932. The summed E-state index contributed by atoms with van der Waals surface area (Å²) >= 11 is 1.25. The van der Waals surface area contributed by atoms with Crippen LogP contribution in [0, 0.1) is 11.3 Å². The molecule has 1 amide bonds. The number of anilines is 1. The molecule has 20 heavy (non-hydrogen) atoms. The molecule has 0 aliphatic heterocycles. The van der Waals surface area contributed by atoms with E-state index in [9.17, 15) is 4.79 Å². The Morgan fingerprint density at radius 2 is 2.25 bits per heavy atom. The van der Waals surface area contributed by atoms with Crippen molar-refractivity contribution in [2.75, 3.05) is 5.32 Å². The van der Waals surface area contributed by atoms with Crippen molar-refractivity contribution in [2.45, 2.75) is 17.3 Å². The number of aromatic nitrogens is 4. The molecule has 0 aliphatic carbocycles. The highest BCUT2D eigenvalue weighted by molar-refractivity contribution is 8.00. The Bertz CT molecular complexity index is 662. The molecule has 1 N–H and O–H groups in total. The molecular weight excluding hydrogens is 276 g/mol. The highest BCUT2D eigenvalue weighted by Gasteiger charge is 2.18. The fourth-order valence-electron chi connectivity index (χ4n) is 1.46. The summed E-state index contributed by atoms with van der Waals surface area (Å²) in [6, 6.07) is 8.89. The van der Waals surface area contributed by atoms with Gasteiger partial charge < -0.3 is 5.32 Å². The van der Waals surface area contributed by atoms with Crippen LogP contribution in [-0.2, 0) is 11.8 Å². The van der Waals surface area contributed by atoms with Gasteiger partial charge in [-0.15, -0.1) is 5.10 Å². The van der Waals surface area contributed by atoms with E-state index in [1.54, 1.807) is 38.2 Å². The van der Waals surface area contributed by atoms with Crippen molar-refractivity contribution in [3.8, 4) is 6.07 Å². The second-order valence-corrected chi connectivity index (χ2v) is 5.30. The third kappa shape index (κ3) is 3.13. The van der Waals surface area contributed by atoms with Crippen molar-refractivity contribution in [1.29, 1.82) is 5.26 Å². The van der Waals surface area contributed by atoms with Gasteiger partial charge in [0.15, 0.2) is 0 Å². The Kier molecular flexibility index (Phi) is 4.32. The Balaban J connectivity index is 2.05. The molecule has 1 aromatic carbocycles. The van der Waals surface area contributed by atoms with Crippen molar-refractivity contribution < 1.29 is 4.79 Å². The van der Waals surface area contributed by atoms with Crippen LogP contribution in [0.5, 0.6) is 0 Å². The molecule has 8 heteroatoms. The van der Waals surface area contributed by atoms with Crippen LogP contribution in [0.15, 0.2) is 29.4 Å². The van der Waals surface area contributed by atoms with Gasteiger partial charge in [-0.25, -0.2) is 4.68 Å². The molecule has 102 valence electrons. The number of tetrazole rings is 1. The first-order valence-electron chi connectivity index (χ1n) is 5.81. The topological polar surface area (TPSA) is 96.5 Å². The molecule has 2 aromatic rings. The predicted molar refractivity (Wildman–Crippen MR) is 73.9 cm³/mol. The van der Waals surface area contributed by atoms with Crippen LogP contribution in [0.3, 0.4) is 0 Å². The largest absolute Gasteiger partial charge is 0.324 e. The summed E-state index contributed by atoms with van der Waals surface area (Å²) in [7, 11) is 1.71. The minimum absolute atomic E-state index is 0.208. The van der Waals surface area contributed by atoms with E-state index >= 15 is 0 Å². The number of nitriles is 1. The summed E-state index contributed by atoms with van der Waals surface area (Å²) in [5.74, 6) is -0.208. The van der Waals surface area contributed by atoms with Gasteiger partial charge in [0.05, 0.1) is 16.5 Å². The number of carbonyl (C=O) groups excluding carboxylic acids is 1. The number of hydrogen-bond acceptors (Lipinski definition) is 6. The Labute approximate surface area is 120 Å². The molecule has 0 fully saturated rings. The number of rotatable bonds is 4. The zero-order valence-electron chi connectivity index (χ0n) is 10.9. The lowest BCUT2D eigenvalue weighted by molar-refractivity contribution is -0.115. The first kappa shape index (κ1) is 14.0. The van der Waals surface area contributed by atoms with Crippen molar-refractivity contribution in [2.24, 2.45) is 7.05 Å². The van der Waals surface area contributed by atoms with Crippen LogP contribution in [0.25, 0.3) is 0 Å². The molecule has 0 unspecified atom stereocenters. The summed E-state index contributed by atoms with van der Waals surface area (Å²) in [6.07, 6.45) is 0. The molecule has 0 saturated heterocycles. The Morgan fingerprint density at radius 3 is 2.90 bits per heavy atom. The van der Waals surface area contributed by atoms with E-state index in [-0.39, 0.29) is 11.2 Å². The van der Waals surface area contributed by atoms with Crippen molar-refractivity contribution >= 4 is 23.4 Å². The lowest BCUT2D eigenvalue weighted by Crippen LogP contribution is -2.23. The minimum Gasteiger partial charge on any atom is -0.324 e. The second-order valence-electron chi connectivity index (χ2n) is 3.99. The zero-order valence-corrected chi connectivity index (χ0v) is 11.8. The van der Waals surface area contributed by atoms with Crippen molar-refractivity contribution in [3.63, 3.8) is 0 Å². The molecule has 0 radical (unpaired) electrons. The van der Waals surface area contributed by atoms with Gasteiger partial charge in [0.25, 0.3) is 0 Å². The van der Waals surface area contributed by atoms with E-state index in [2.05, 4.69) is 20.8 Å². The fraction of sp³-hybridized carbons (Fsp3) is 0.250. The first-order chi connectivity index (χ1) is 9.61. The number of amides is 1. The molecule has 1 atom stereocenters. The van der Waals surface area contributed by atoms with E-state index < -0.39 is 0 Å². The fourth-order valence-corrected chi connectivity index (χ4v) is 2.21. The molecule has 1 aromatic heterocycles. The highest BCUT2D eigenvalue weighted by Crippen LogP contribution is 2.21. The van der Waals surface area contributed by atoms with Crippen LogP contribution in [0.4, 0.5) is 5.69 Å². The SMILES string of the molecule is C[C@@H](Sc1nnnn1C)C(=O)Nc1ccccc1C#N. The number of thioether (sulfide) groups is 1. The summed E-state index contributed by atoms with van der Waals surface area (Å²) < 4.78 is 1.50. The maximum atomic E-state index is 12.1. The number of benzene rings is 1. The van der Waals surface area contributed by atoms with Crippen molar-refractivity contribution in [3.05, 3.63) is 29.8 Å². The second kappa shape index (κ2) is 6.16. The lowest BCUT2D eigenvalue weighted by Gasteiger charge is -2.11. The maximum absolute atomic E-state index is 12.1. The number of nitrogens with one attached hydrogen (secondary N) is 1. The van der Waals surface area contributed by atoms with E-state index in [1.165, 1.54) is 16.4 Å². The van der Waals surface area contributed by atoms with Gasteiger partial charge >= 0.3 is 0 Å². The number of carbonyl (C=O) groups is 1. The van der Waals surface area contributed by atoms with E-state index in [1.807, 2.05) is 6.07 Å². The van der Waals surface area contributed by atoms with Gasteiger partial charge in [0.2, 0.25) is 11.1 Å². The van der Waals surface area contributed by atoms with Crippen LogP contribution in [0.2, 0.25) is 0 Å². The van der Waals surface area contributed by atoms with E-state index in [0.29, 0.717) is 16.4 Å². The highest BCUT2D eigenvalue weighted by atomic mass is 32.2. The average Bonchev–Trinajstić information content (AvgIpc) is 2.84. The normalized spacial score (nSPS) is 11.7. The number of hydrogen-bond donors (Lipinski definition) is 1. The monoisotopic (exact) mass is 288 g/mol. The number of nitrogens with zero attached hydrogens (tertiary/aromatic N) is 5. The lowest BCUT2D eigenvalue weighted by atomic mass is 10.2. The zero-order chi connectivity index (χ0) is 14.5. The molecular formula is C12H12N6OS. The maximum Gasteiger partial charge on any atom is 0.237 e. The van der Waals surface area contributed by atoms with Gasteiger partial charge in [-0.2, -0.15) is 5.26 Å². The molecule has 2 rings (SSSR count).